The lowest BCUT2D eigenvalue weighted by molar-refractivity contribution is 0.102. The molecule has 6 nitrogen and oxygen atoms in total. The van der Waals surface area contributed by atoms with Gasteiger partial charge in [-0.3, -0.25) is 4.79 Å². The van der Waals surface area contributed by atoms with Crippen LogP contribution in [-0.4, -0.2) is 17.7 Å². The molecule has 0 aliphatic carbocycles. The van der Waals surface area contributed by atoms with E-state index in [1.54, 1.807) is 18.2 Å². The van der Waals surface area contributed by atoms with Gasteiger partial charge in [0, 0.05) is 21.4 Å². The predicted octanol–water partition coefficient (Wildman–Crippen LogP) is 6.93. The molecule has 1 amide bonds. The number of ether oxygens (including phenoxy) is 2. The highest BCUT2D eigenvalue weighted by molar-refractivity contribution is 7.17. The Labute approximate surface area is 215 Å². The molecule has 37 heavy (non-hydrogen) atoms. The molecule has 0 unspecified atom stereocenters. The number of nitriles is 1. The Kier molecular flexibility index (Phi) is 5.55. The summed E-state index contributed by atoms with van der Waals surface area (Å²) in [5, 5.41) is 14.0. The number of benzene rings is 3. The van der Waals surface area contributed by atoms with Crippen molar-refractivity contribution in [1.29, 1.82) is 5.26 Å². The van der Waals surface area contributed by atoms with E-state index in [0.29, 0.717) is 55.4 Å². The molecule has 5 aromatic rings. The summed E-state index contributed by atoms with van der Waals surface area (Å²) in [4.78, 5) is 19.2. The number of nitrogens with zero attached hydrogens (tertiary/aromatic N) is 2. The normalized spacial score (nSPS) is 11.9. The zero-order chi connectivity index (χ0) is 25.5. The maximum absolute atomic E-state index is 13.6. The molecule has 1 aliphatic rings. The van der Waals surface area contributed by atoms with E-state index in [2.05, 4.69) is 11.4 Å². The van der Waals surface area contributed by atoms with E-state index in [0.717, 1.165) is 10.4 Å². The summed E-state index contributed by atoms with van der Waals surface area (Å²) in [6.07, 6.45) is 0. The molecule has 0 radical (unpaired) electrons. The lowest BCUT2D eigenvalue weighted by Crippen LogP contribution is -2.13. The molecular formula is C29H18FN3O3S. The van der Waals surface area contributed by atoms with Gasteiger partial charge in [0.2, 0.25) is 6.79 Å². The molecule has 0 bridgehead atoms. The zero-order valence-corrected chi connectivity index (χ0v) is 20.4. The summed E-state index contributed by atoms with van der Waals surface area (Å²) >= 11 is 1.31. The standard InChI is InChI=1S/C29H18FN3O3S/c1-16-27(17-6-9-19(30)10-7-17)22(14-31)29(37-16)33-28(34)21-13-24(32-23-5-3-2-4-20(21)23)18-8-11-25-26(12-18)36-15-35-25/h2-13H,15H2,1H3,(H,33,34). The second kappa shape index (κ2) is 9.04. The van der Waals surface area contributed by atoms with Crippen LogP contribution >= 0.6 is 11.3 Å². The molecule has 0 fully saturated rings. The third-order valence-electron chi connectivity index (χ3n) is 6.19. The van der Waals surface area contributed by atoms with Gasteiger partial charge in [-0.1, -0.05) is 30.3 Å². The lowest BCUT2D eigenvalue weighted by Gasteiger charge is -2.11. The van der Waals surface area contributed by atoms with Crippen LogP contribution in [0.1, 0.15) is 20.8 Å². The number of para-hydroxylation sites is 1. The van der Waals surface area contributed by atoms with Crippen LogP contribution < -0.4 is 14.8 Å². The van der Waals surface area contributed by atoms with E-state index in [1.165, 1.54) is 23.5 Å². The molecular weight excluding hydrogens is 489 g/mol. The highest BCUT2D eigenvalue weighted by Crippen LogP contribution is 2.40. The van der Waals surface area contributed by atoms with Crippen LogP contribution in [0.25, 0.3) is 33.3 Å². The first-order chi connectivity index (χ1) is 18.0. The average Bonchev–Trinajstić information content (AvgIpc) is 3.51. The number of pyridine rings is 1. The van der Waals surface area contributed by atoms with Crippen molar-refractivity contribution in [3.05, 3.63) is 94.6 Å². The van der Waals surface area contributed by atoms with E-state index in [1.807, 2.05) is 49.4 Å². The number of carbonyl (C=O) groups is 1. The number of nitrogens with one attached hydrogen (secondary N) is 1. The van der Waals surface area contributed by atoms with Gasteiger partial charge in [0.25, 0.3) is 5.91 Å². The molecule has 3 aromatic carbocycles. The number of hydrogen-bond donors (Lipinski definition) is 1. The Morgan fingerprint density at radius 2 is 1.78 bits per heavy atom. The topological polar surface area (TPSA) is 84.2 Å². The minimum absolute atomic E-state index is 0.166. The lowest BCUT2D eigenvalue weighted by atomic mass is 10.0. The largest absolute Gasteiger partial charge is 0.454 e. The van der Waals surface area contributed by atoms with Gasteiger partial charge in [0.05, 0.1) is 22.3 Å². The number of thiophene rings is 1. The van der Waals surface area contributed by atoms with Gasteiger partial charge < -0.3 is 14.8 Å². The molecule has 8 heteroatoms. The predicted molar refractivity (Wildman–Crippen MR) is 140 cm³/mol. The first-order valence-electron chi connectivity index (χ1n) is 11.4. The first kappa shape index (κ1) is 22.7. The van der Waals surface area contributed by atoms with Crippen LogP contribution in [0.2, 0.25) is 0 Å². The van der Waals surface area contributed by atoms with Gasteiger partial charge in [0.15, 0.2) is 11.5 Å². The van der Waals surface area contributed by atoms with Gasteiger partial charge in [-0.25, -0.2) is 9.37 Å². The highest BCUT2D eigenvalue weighted by Gasteiger charge is 2.22. The molecule has 3 heterocycles. The van der Waals surface area contributed by atoms with Crippen molar-refractivity contribution in [3.8, 4) is 40.0 Å². The van der Waals surface area contributed by atoms with Crippen molar-refractivity contribution in [3.63, 3.8) is 0 Å². The van der Waals surface area contributed by atoms with Gasteiger partial charge in [-0.15, -0.1) is 11.3 Å². The monoisotopic (exact) mass is 507 g/mol. The number of anilines is 1. The van der Waals surface area contributed by atoms with E-state index in [-0.39, 0.29) is 18.5 Å². The number of halogens is 1. The summed E-state index contributed by atoms with van der Waals surface area (Å²) in [7, 11) is 0. The second-order valence-electron chi connectivity index (χ2n) is 8.45. The van der Waals surface area contributed by atoms with E-state index in [4.69, 9.17) is 14.5 Å². The molecule has 180 valence electrons. The Hall–Kier alpha value is -4.74. The number of carbonyl (C=O) groups excluding carboxylic acids is 1. The van der Waals surface area contributed by atoms with E-state index < -0.39 is 0 Å². The number of fused-ring (bicyclic) bond motifs is 2. The van der Waals surface area contributed by atoms with Crippen LogP contribution in [0.4, 0.5) is 9.39 Å². The Balaban J connectivity index is 1.41. The Morgan fingerprint density at radius 1 is 1.03 bits per heavy atom. The van der Waals surface area contributed by atoms with Crippen LogP contribution in [0.3, 0.4) is 0 Å². The van der Waals surface area contributed by atoms with Crippen LogP contribution in [0, 0.1) is 24.1 Å². The fraction of sp³-hybridized carbons (Fsp3) is 0.0690. The average molecular weight is 508 g/mol. The number of rotatable bonds is 4. The van der Waals surface area contributed by atoms with Gasteiger partial charge in [0.1, 0.15) is 16.9 Å². The summed E-state index contributed by atoms with van der Waals surface area (Å²) in [5.74, 6) is 0.576. The number of aryl methyl sites for hydroxylation is 1. The molecule has 1 N–H and O–H groups in total. The van der Waals surface area contributed by atoms with Crippen molar-refractivity contribution in [1.82, 2.24) is 4.98 Å². The maximum atomic E-state index is 13.6. The van der Waals surface area contributed by atoms with Crippen LogP contribution in [-0.2, 0) is 0 Å². The Bertz CT molecular complexity index is 1740. The molecule has 0 atom stereocenters. The quantitative estimate of drug-likeness (QED) is 0.285. The van der Waals surface area contributed by atoms with Crippen LogP contribution in [0.5, 0.6) is 11.5 Å². The van der Waals surface area contributed by atoms with Crippen molar-refractivity contribution in [2.75, 3.05) is 12.1 Å². The maximum Gasteiger partial charge on any atom is 0.257 e. The van der Waals surface area contributed by atoms with Crippen LogP contribution in [0.15, 0.2) is 72.8 Å². The molecule has 1 aliphatic heterocycles. The van der Waals surface area contributed by atoms with Crippen molar-refractivity contribution >= 4 is 33.1 Å². The first-order valence-corrected chi connectivity index (χ1v) is 12.2. The summed E-state index contributed by atoms with van der Waals surface area (Å²) in [6, 6.07) is 22.9. The number of hydrogen-bond acceptors (Lipinski definition) is 6. The molecule has 0 saturated heterocycles. The smallest absolute Gasteiger partial charge is 0.257 e. The summed E-state index contributed by atoms with van der Waals surface area (Å²) in [5.41, 5.74) is 4.23. The van der Waals surface area contributed by atoms with Gasteiger partial charge in [-0.2, -0.15) is 5.26 Å². The highest BCUT2D eigenvalue weighted by atomic mass is 32.1. The fourth-order valence-corrected chi connectivity index (χ4v) is 5.46. The summed E-state index contributed by atoms with van der Waals surface area (Å²) < 4.78 is 24.4. The fourth-order valence-electron chi connectivity index (χ4n) is 4.44. The van der Waals surface area contributed by atoms with Crippen molar-refractivity contribution < 1.29 is 18.7 Å². The van der Waals surface area contributed by atoms with E-state index in [9.17, 15) is 14.4 Å². The van der Waals surface area contributed by atoms with Crippen molar-refractivity contribution in [2.45, 2.75) is 6.92 Å². The van der Waals surface area contributed by atoms with E-state index >= 15 is 0 Å². The minimum Gasteiger partial charge on any atom is -0.454 e. The molecule has 0 saturated carbocycles. The zero-order valence-electron chi connectivity index (χ0n) is 19.5. The van der Waals surface area contributed by atoms with Gasteiger partial charge in [-0.05, 0) is 55.0 Å². The Morgan fingerprint density at radius 3 is 2.59 bits per heavy atom. The minimum atomic E-state index is -0.357. The number of aromatic nitrogens is 1. The summed E-state index contributed by atoms with van der Waals surface area (Å²) in [6.45, 7) is 2.04. The molecule has 2 aromatic heterocycles. The second-order valence-corrected chi connectivity index (χ2v) is 9.68. The molecule has 0 spiro atoms. The molecule has 6 rings (SSSR count). The number of amides is 1. The third-order valence-corrected chi connectivity index (χ3v) is 7.21. The third kappa shape index (κ3) is 4.05. The van der Waals surface area contributed by atoms with Crippen molar-refractivity contribution in [2.24, 2.45) is 0 Å². The SMILES string of the molecule is Cc1sc(NC(=O)c2cc(-c3ccc4c(c3)OCO4)nc3ccccc23)c(C#N)c1-c1ccc(F)cc1. The van der Waals surface area contributed by atoms with Gasteiger partial charge >= 0.3 is 0 Å².